The van der Waals surface area contributed by atoms with Crippen molar-refractivity contribution in [1.29, 1.82) is 0 Å². The molecule has 1 heterocycles. The van der Waals surface area contributed by atoms with Crippen molar-refractivity contribution in [2.24, 2.45) is 0 Å². The number of ether oxygens (including phenoxy) is 2. The van der Waals surface area contributed by atoms with Crippen LogP contribution < -0.4 is 19.1 Å². The van der Waals surface area contributed by atoms with E-state index in [0.29, 0.717) is 36.2 Å². The van der Waals surface area contributed by atoms with Gasteiger partial charge in [-0.25, -0.2) is 8.42 Å². The number of benzene rings is 2. The standard InChI is InChI=1S/C26H34ClN3O6S/c1-5-18(3)28-26(32)22(6-2)29(16-19-7-9-20(27)10-8-19)25(31)17-30(37(4,33)34)21-11-12-23-24(15-21)36-14-13-35-23/h7-12,15,18,22H,5-6,13-14,16-17H2,1-4H3,(H,28,32)/t18-,22+/m0/s1. The first-order valence-electron chi connectivity index (χ1n) is 12.2. The highest BCUT2D eigenvalue weighted by Crippen LogP contribution is 2.34. The van der Waals surface area contributed by atoms with Gasteiger partial charge >= 0.3 is 0 Å². The summed E-state index contributed by atoms with van der Waals surface area (Å²) >= 11 is 6.02. The molecule has 0 saturated heterocycles. The van der Waals surface area contributed by atoms with Crippen LogP contribution in [0.5, 0.6) is 11.5 Å². The molecule has 2 atom stereocenters. The Bertz CT molecular complexity index is 1210. The maximum Gasteiger partial charge on any atom is 0.244 e. The molecule has 1 aliphatic rings. The summed E-state index contributed by atoms with van der Waals surface area (Å²) in [6, 6.07) is 10.8. The van der Waals surface area contributed by atoms with Crippen molar-refractivity contribution in [2.75, 3.05) is 30.3 Å². The Hall–Kier alpha value is -2.98. The lowest BCUT2D eigenvalue weighted by Crippen LogP contribution is -2.53. The summed E-state index contributed by atoms with van der Waals surface area (Å²) in [6.45, 7) is 6.03. The van der Waals surface area contributed by atoms with Crippen molar-refractivity contribution in [3.63, 3.8) is 0 Å². The van der Waals surface area contributed by atoms with Crippen LogP contribution >= 0.6 is 11.6 Å². The van der Waals surface area contributed by atoms with Gasteiger partial charge in [0.15, 0.2) is 11.5 Å². The molecule has 0 unspecified atom stereocenters. The molecule has 9 nitrogen and oxygen atoms in total. The summed E-state index contributed by atoms with van der Waals surface area (Å²) in [5.74, 6) is 0.111. The number of rotatable bonds is 11. The smallest absolute Gasteiger partial charge is 0.244 e. The Morgan fingerprint density at radius 2 is 1.68 bits per heavy atom. The van der Waals surface area contributed by atoms with E-state index in [1.54, 1.807) is 42.5 Å². The van der Waals surface area contributed by atoms with E-state index in [-0.39, 0.29) is 24.2 Å². The van der Waals surface area contributed by atoms with Gasteiger partial charge in [-0.15, -0.1) is 0 Å². The largest absolute Gasteiger partial charge is 0.486 e. The molecule has 0 spiro atoms. The number of carbonyl (C=O) groups excluding carboxylic acids is 2. The number of fused-ring (bicyclic) bond motifs is 1. The number of sulfonamides is 1. The van der Waals surface area contributed by atoms with Crippen molar-refractivity contribution < 1.29 is 27.5 Å². The van der Waals surface area contributed by atoms with Crippen molar-refractivity contribution in [1.82, 2.24) is 10.2 Å². The number of hydrogen-bond acceptors (Lipinski definition) is 6. The van der Waals surface area contributed by atoms with Crippen LogP contribution in [0.25, 0.3) is 0 Å². The molecule has 0 bridgehead atoms. The molecule has 0 saturated carbocycles. The molecule has 0 aliphatic carbocycles. The lowest BCUT2D eigenvalue weighted by atomic mass is 10.1. The zero-order valence-electron chi connectivity index (χ0n) is 21.6. The third kappa shape index (κ3) is 7.52. The van der Waals surface area contributed by atoms with Gasteiger partial charge in [-0.05, 0) is 49.6 Å². The van der Waals surface area contributed by atoms with E-state index in [1.807, 2.05) is 20.8 Å². The Morgan fingerprint density at radius 3 is 2.27 bits per heavy atom. The van der Waals surface area contributed by atoms with Crippen LogP contribution in [-0.2, 0) is 26.2 Å². The van der Waals surface area contributed by atoms with Gasteiger partial charge in [-0.3, -0.25) is 13.9 Å². The van der Waals surface area contributed by atoms with Crippen LogP contribution in [0.3, 0.4) is 0 Å². The number of amides is 2. The minimum atomic E-state index is -3.86. The zero-order valence-corrected chi connectivity index (χ0v) is 23.1. The maximum atomic E-state index is 13.8. The van der Waals surface area contributed by atoms with E-state index >= 15 is 0 Å². The fourth-order valence-electron chi connectivity index (χ4n) is 3.95. The number of anilines is 1. The Morgan fingerprint density at radius 1 is 1.03 bits per heavy atom. The first-order chi connectivity index (χ1) is 17.5. The molecule has 0 fully saturated rings. The van der Waals surface area contributed by atoms with Crippen LogP contribution in [0.2, 0.25) is 5.02 Å². The summed E-state index contributed by atoms with van der Waals surface area (Å²) in [7, 11) is -3.86. The molecule has 2 aromatic rings. The monoisotopic (exact) mass is 551 g/mol. The predicted molar refractivity (Wildman–Crippen MR) is 144 cm³/mol. The van der Waals surface area contributed by atoms with Crippen molar-refractivity contribution in [3.8, 4) is 11.5 Å². The molecule has 2 amide bonds. The number of carbonyl (C=O) groups is 2. The van der Waals surface area contributed by atoms with Gasteiger partial charge in [-0.2, -0.15) is 0 Å². The van der Waals surface area contributed by atoms with Gasteiger partial charge in [0.05, 0.1) is 11.9 Å². The third-order valence-electron chi connectivity index (χ3n) is 6.15. The van der Waals surface area contributed by atoms with Gasteiger partial charge in [0.1, 0.15) is 25.8 Å². The first kappa shape index (κ1) is 28.6. The van der Waals surface area contributed by atoms with Gasteiger partial charge in [0.2, 0.25) is 21.8 Å². The number of halogens is 1. The summed E-state index contributed by atoms with van der Waals surface area (Å²) in [4.78, 5) is 28.3. The van der Waals surface area contributed by atoms with Crippen LogP contribution in [0.1, 0.15) is 39.2 Å². The maximum absolute atomic E-state index is 13.8. The van der Waals surface area contributed by atoms with Crippen LogP contribution in [0.15, 0.2) is 42.5 Å². The molecule has 11 heteroatoms. The SMILES string of the molecule is CC[C@H](C(=O)N[C@@H](C)CC)N(Cc1ccc(Cl)cc1)C(=O)CN(c1ccc2c(c1)OCCO2)S(C)(=O)=O. The van der Waals surface area contributed by atoms with Crippen LogP contribution in [0.4, 0.5) is 5.69 Å². The van der Waals surface area contributed by atoms with Crippen LogP contribution in [0, 0.1) is 0 Å². The first-order valence-corrected chi connectivity index (χ1v) is 14.5. The number of hydrogen-bond donors (Lipinski definition) is 1. The molecule has 202 valence electrons. The second-order valence-electron chi connectivity index (χ2n) is 8.99. The molecule has 0 radical (unpaired) electrons. The lowest BCUT2D eigenvalue weighted by Gasteiger charge is -2.33. The van der Waals surface area contributed by atoms with E-state index in [0.717, 1.165) is 22.5 Å². The zero-order chi connectivity index (χ0) is 27.2. The topological polar surface area (TPSA) is 105 Å². The van der Waals surface area contributed by atoms with E-state index in [2.05, 4.69) is 5.32 Å². The highest BCUT2D eigenvalue weighted by atomic mass is 35.5. The third-order valence-corrected chi connectivity index (χ3v) is 7.54. The fraction of sp³-hybridized carbons (Fsp3) is 0.462. The Labute approximate surface area is 223 Å². The number of nitrogens with one attached hydrogen (secondary N) is 1. The van der Waals surface area contributed by atoms with Gasteiger partial charge in [0.25, 0.3) is 0 Å². The van der Waals surface area contributed by atoms with Crippen LogP contribution in [-0.4, -0.2) is 63.2 Å². The second-order valence-corrected chi connectivity index (χ2v) is 11.3. The summed E-state index contributed by atoms with van der Waals surface area (Å²) in [5, 5.41) is 3.49. The van der Waals surface area contributed by atoms with Crippen molar-refractivity contribution in [3.05, 3.63) is 53.1 Å². The molecule has 1 N–H and O–H groups in total. The second kappa shape index (κ2) is 12.5. The fourth-order valence-corrected chi connectivity index (χ4v) is 4.92. The van der Waals surface area contributed by atoms with E-state index < -0.39 is 28.5 Å². The summed E-state index contributed by atoms with van der Waals surface area (Å²) in [6.07, 6.45) is 2.12. The lowest BCUT2D eigenvalue weighted by molar-refractivity contribution is -0.140. The number of nitrogens with zero attached hydrogens (tertiary/aromatic N) is 2. The average molecular weight is 552 g/mol. The molecule has 0 aromatic heterocycles. The van der Waals surface area contributed by atoms with E-state index in [4.69, 9.17) is 21.1 Å². The predicted octanol–water partition coefficient (Wildman–Crippen LogP) is 3.60. The summed E-state index contributed by atoms with van der Waals surface area (Å²) in [5.41, 5.74) is 1.03. The molecular formula is C26H34ClN3O6S. The van der Waals surface area contributed by atoms with E-state index in [1.165, 1.54) is 4.90 Å². The van der Waals surface area contributed by atoms with Gasteiger partial charge < -0.3 is 19.7 Å². The van der Waals surface area contributed by atoms with Crippen molar-refractivity contribution >= 4 is 39.1 Å². The Kier molecular flexibility index (Phi) is 9.67. The quantitative estimate of drug-likeness (QED) is 0.457. The summed E-state index contributed by atoms with van der Waals surface area (Å²) < 4.78 is 37.7. The normalized spacial score (nSPS) is 14.4. The molecule has 37 heavy (non-hydrogen) atoms. The molecule has 3 rings (SSSR count). The highest BCUT2D eigenvalue weighted by molar-refractivity contribution is 7.92. The van der Waals surface area contributed by atoms with E-state index in [9.17, 15) is 18.0 Å². The molecule has 1 aliphatic heterocycles. The Balaban J connectivity index is 1.94. The minimum Gasteiger partial charge on any atom is -0.486 e. The van der Waals surface area contributed by atoms with Gasteiger partial charge in [-0.1, -0.05) is 37.6 Å². The minimum absolute atomic E-state index is 0.0701. The highest BCUT2D eigenvalue weighted by Gasteiger charge is 2.32. The average Bonchev–Trinajstić information content (AvgIpc) is 2.87. The van der Waals surface area contributed by atoms with Gasteiger partial charge in [0, 0.05) is 23.7 Å². The molecule has 2 aromatic carbocycles. The molecular weight excluding hydrogens is 518 g/mol. The van der Waals surface area contributed by atoms with Crippen molar-refractivity contribution in [2.45, 2.75) is 52.2 Å².